The fraction of sp³-hybridized carbons (Fsp3) is 0.308. The van der Waals surface area contributed by atoms with E-state index in [1.54, 1.807) is 29.2 Å². The SMILES string of the molecule is CSc1ccc(C=CC(=O)N2CCC(C(=O)NC(CNC(=O)c3ccc(Cl)cc3)C(=O)O)CC2)c(Cl)c1Cl. The predicted molar refractivity (Wildman–Crippen MR) is 150 cm³/mol. The van der Waals surface area contributed by atoms with Gasteiger partial charge in [0.2, 0.25) is 11.8 Å². The van der Waals surface area contributed by atoms with Crippen molar-refractivity contribution in [2.24, 2.45) is 5.92 Å². The number of carbonyl (C=O) groups is 4. The number of likely N-dealkylation sites (tertiary alicyclic amines) is 1. The molecule has 38 heavy (non-hydrogen) atoms. The highest BCUT2D eigenvalue weighted by atomic mass is 35.5. The molecule has 1 aliphatic rings. The molecule has 1 saturated heterocycles. The van der Waals surface area contributed by atoms with Gasteiger partial charge in [-0.25, -0.2) is 4.79 Å². The molecular weight excluding hydrogens is 573 g/mol. The Kier molecular flexibility index (Phi) is 10.9. The normalized spacial score (nSPS) is 14.8. The van der Waals surface area contributed by atoms with Gasteiger partial charge in [-0.3, -0.25) is 14.4 Å². The maximum atomic E-state index is 12.7. The molecule has 1 unspecified atom stereocenters. The van der Waals surface area contributed by atoms with Gasteiger partial charge < -0.3 is 20.6 Å². The van der Waals surface area contributed by atoms with Gasteiger partial charge in [-0.05, 0) is 61.1 Å². The number of thioether (sulfide) groups is 1. The van der Waals surface area contributed by atoms with Crippen LogP contribution >= 0.6 is 46.6 Å². The molecule has 1 aliphatic heterocycles. The number of carboxylic acids is 1. The monoisotopic (exact) mass is 597 g/mol. The largest absolute Gasteiger partial charge is 0.480 e. The number of piperidine rings is 1. The van der Waals surface area contributed by atoms with Crippen LogP contribution in [0, 0.1) is 5.92 Å². The smallest absolute Gasteiger partial charge is 0.328 e. The van der Waals surface area contributed by atoms with Gasteiger partial charge >= 0.3 is 5.97 Å². The summed E-state index contributed by atoms with van der Waals surface area (Å²) in [6.07, 6.45) is 5.67. The fourth-order valence-corrected chi connectivity index (χ4v) is 5.15. The third-order valence-corrected chi connectivity index (χ3v) is 8.11. The van der Waals surface area contributed by atoms with Crippen molar-refractivity contribution < 1.29 is 24.3 Å². The number of benzene rings is 2. The van der Waals surface area contributed by atoms with Crippen LogP contribution in [0.5, 0.6) is 0 Å². The Morgan fingerprint density at radius 1 is 1.05 bits per heavy atom. The van der Waals surface area contributed by atoms with Crippen LogP contribution < -0.4 is 10.6 Å². The summed E-state index contributed by atoms with van der Waals surface area (Å²) in [5, 5.41) is 15.8. The van der Waals surface area contributed by atoms with Gasteiger partial charge in [-0.1, -0.05) is 40.9 Å². The number of halogens is 3. The van der Waals surface area contributed by atoms with E-state index in [1.807, 2.05) is 12.3 Å². The van der Waals surface area contributed by atoms with E-state index in [4.69, 9.17) is 34.8 Å². The molecule has 0 radical (unpaired) electrons. The number of carbonyl (C=O) groups excluding carboxylic acids is 3. The van der Waals surface area contributed by atoms with Crippen molar-refractivity contribution in [3.05, 3.63) is 68.7 Å². The maximum absolute atomic E-state index is 12.7. The van der Waals surface area contributed by atoms with Gasteiger partial charge in [-0.2, -0.15) is 0 Å². The molecule has 3 rings (SSSR count). The third-order valence-electron chi connectivity index (χ3n) is 6.07. The van der Waals surface area contributed by atoms with Gasteiger partial charge in [0.1, 0.15) is 6.04 Å². The fourth-order valence-electron chi connectivity index (χ4n) is 3.85. The number of amides is 3. The van der Waals surface area contributed by atoms with Gasteiger partial charge in [0.15, 0.2) is 0 Å². The molecule has 1 atom stereocenters. The van der Waals surface area contributed by atoms with Crippen LogP contribution in [0.3, 0.4) is 0 Å². The Hall–Kier alpha value is -2.72. The Morgan fingerprint density at radius 3 is 2.32 bits per heavy atom. The zero-order valence-electron chi connectivity index (χ0n) is 20.4. The molecule has 0 saturated carbocycles. The molecule has 1 heterocycles. The van der Waals surface area contributed by atoms with E-state index in [0.29, 0.717) is 52.1 Å². The standard InChI is InChI=1S/C26H26Cl3N3O5S/c1-38-20-8-4-15(22(28)23(20)29)5-9-21(33)32-12-10-17(11-13-32)25(35)31-19(26(36)37)14-30-24(34)16-2-6-18(27)7-3-16/h2-9,17,19H,10-14H2,1H3,(H,30,34)(H,31,35)(H,36,37). The molecule has 0 aromatic heterocycles. The summed E-state index contributed by atoms with van der Waals surface area (Å²) in [5.41, 5.74) is 0.943. The first-order chi connectivity index (χ1) is 18.1. The summed E-state index contributed by atoms with van der Waals surface area (Å²) >= 11 is 19.8. The summed E-state index contributed by atoms with van der Waals surface area (Å²) in [6, 6.07) is 8.46. The molecule has 0 aliphatic carbocycles. The van der Waals surface area contributed by atoms with E-state index in [9.17, 15) is 24.3 Å². The van der Waals surface area contributed by atoms with Crippen molar-refractivity contribution in [2.75, 3.05) is 25.9 Å². The second-order valence-electron chi connectivity index (χ2n) is 8.53. The van der Waals surface area contributed by atoms with Crippen LogP contribution in [-0.2, 0) is 14.4 Å². The molecule has 1 fully saturated rings. The molecule has 0 spiro atoms. The first-order valence-corrected chi connectivity index (χ1v) is 14.0. The Balaban J connectivity index is 1.50. The molecule has 8 nitrogen and oxygen atoms in total. The van der Waals surface area contributed by atoms with Crippen molar-refractivity contribution in [1.82, 2.24) is 15.5 Å². The van der Waals surface area contributed by atoms with Crippen molar-refractivity contribution in [2.45, 2.75) is 23.8 Å². The second kappa shape index (κ2) is 13.9. The molecule has 2 aromatic rings. The average Bonchev–Trinajstić information content (AvgIpc) is 2.91. The maximum Gasteiger partial charge on any atom is 0.328 e. The number of aliphatic carboxylic acids is 1. The van der Waals surface area contributed by atoms with E-state index in [2.05, 4.69) is 10.6 Å². The number of nitrogens with zero attached hydrogens (tertiary/aromatic N) is 1. The van der Waals surface area contributed by atoms with Crippen LogP contribution in [-0.4, -0.2) is 65.6 Å². The van der Waals surface area contributed by atoms with Gasteiger partial charge in [0.25, 0.3) is 5.91 Å². The van der Waals surface area contributed by atoms with Crippen molar-refractivity contribution in [1.29, 1.82) is 0 Å². The predicted octanol–water partition coefficient (Wildman–Crippen LogP) is 4.62. The summed E-state index contributed by atoms with van der Waals surface area (Å²) in [4.78, 5) is 51.8. The lowest BCUT2D eigenvalue weighted by Crippen LogP contribution is -2.51. The topological polar surface area (TPSA) is 116 Å². The van der Waals surface area contributed by atoms with E-state index in [0.717, 1.165) is 4.90 Å². The highest BCUT2D eigenvalue weighted by Gasteiger charge is 2.30. The van der Waals surface area contributed by atoms with Crippen LogP contribution in [0.2, 0.25) is 15.1 Å². The first kappa shape index (κ1) is 29.8. The Labute approximate surface area is 239 Å². The third kappa shape index (κ3) is 7.89. The van der Waals surface area contributed by atoms with Crippen LogP contribution in [0.25, 0.3) is 6.08 Å². The molecule has 202 valence electrons. The van der Waals surface area contributed by atoms with Crippen molar-refractivity contribution >= 4 is 76.3 Å². The number of rotatable bonds is 9. The minimum Gasteiger partial charge on any atom is -0.480 e. The molecule has 3 N–H and O–H groups in total. The van der Waals surface area contributed by atoms with Crippen LogP contribution in [0.15, 0.2) is 47.4 Å². The summed E-state index contributed by atoms with van der Waals surface area (Å²) < 4.78 is 0. The van der Waals surface area contributed by atoms with Gasteiger partial charge in [-0.15, -0.1) is 11.8 Å². The highest BCUT2D eigenvalue weighted by Crippen LogP contribution is 2.35. The summed E-state index contributed by atoms with van der Waals surface area (Å²) in [5.74, 6) is -2.86. The van der Waals surface area contributed by atoms with E-state index in [1.165, 1.54) is 30.0 Å². The lowest BCUT2D eigenvalue weighted by atomic mass is 9.95. The molecule has 2 aromatic carbocycles. The second-order valence-corrected chi connectivity index (χ2v) is 10.6. The van der Waals surface area contributed by atoms with Gasteiger partial charge in [0.05, 0.1) is 10.0 Å². The summed E-state index contributed by atoms with van der Waals surface area (Å²) in [7, 11) is 0. The van der Waals surface area contributed by atoms with Crippen LogP contribution in [0.4, 0.5) is 0 Å². The molecular formula is C26H26Cl3N3O5S. The van der Waals surface area contributed by atoms with E-state index >= 15 is 0 Å². The van der Waals surface area contributed by atoms with E-state index in [-0.39, 0.29) is 12.5 Å². The highest BCUT2D eigenvalue weighted by molar-refractivity contribution is 7.98. The van der Waals surface area contributed by atoms with Gasteiger partial charge in [0, 0.05) is 47.1 Å². The molecule has 12 heteroatoms. The Morgan fingerprint density at radius 2 is 1.71 bits per heavy atom. The zero-order chi connectivity index (χ0) is 27.8. The zero-order valence-corrected chi connectivity index (χ0v) is 23.5. The minimum absolute atomic E-state index is 0.224. The first-order valence-electron chi connectivity index (χ1n) is 11.7. The molecule has 3 amide bonds. The minimum atomic E-state index is -1.30. The number of hydrogen-bond donors (Lipinski definition) is 3. The number of carboxylic acid groups (broad SMARTS) is 1. The lowest BCUT2D eigenvalue weighted by molar-refractivity contribution is -0.142. The summed E-state index contributed by atoms with van der Waals surface area (Å²) in [6.45, 7) is 0.396. The lowest BCUT2D eigenvalue weighted by Gasteiger charge is -2.31. The average molecular weight is 599 g/mol. The number of nitrogens with one attached hydrogen (secondary N) is 2. The van der Waals surface area contributed by atoms with Crippen molar-refractivity contribution in [3.8, 4) is 0 Å². The van der Waals surface area contributed by atoms with E-state index < -0.39 is 29.7 Å². The number of hydrogen-bond acceptors (Lipinski definition) is 5. The van der Waals surface area contributed by atoms with Crippen molar-refractivity contribution in [3.63, 3.8) is 0 Å². The van der Waals surface area contributed by atoms with Crippen LogP contribution in [0.1, 0.15) is 28.8 Å². The Bertz CT molecular complexity index is 1230. The quantitative estimate of drug-likeness (QED) is 0.287. The molecule has 0 bridgehead atoms.